The highest BCUT2D eigenvalue weighted by Crippen LogP contribution is 2.51. The van der Waals surface area contributed by atoms with Crippen LogP contribution in [0.3, 0.4) is 0 Å². The van der Waals surface area contributed by atoms with Gasteiger partial charge in [0.25, 0.3) is 5.69 Å². The number of nitro benzene ring substituents is 1. The quantitative estimate of drug-likeness (QED) is 0.210. The molecule has 3 aromatic rings. The van der Waals surface area contributed by atoms with E-state index in [2.05, 4.69) is 21.2 Å². The van der Waals surface area contributed by atoms with Crippen LogP contribution < -0.4 is 10.2 Å². The molecule has 0 bridgehead atoms. The summed E-state index contributed by atoms with van der Waals surface area (Å²) >= 11 is 3.42. The van der Waals surface area contributed by atoms with Gasteiger partial charge in [-0.15, -0.1) is 0 Å². The zero-order valence-corrected chi connectivity index (χ0v) is 23.6. The Morgan fingerprint density at radius 3 is 2.12 bits per heavy atom. The minimum Gasteiger partial charge on any atom is -0.480 e. The van der Waals surface area contributed by atoms with Gasteiger partial charge in [0.1, 0.15) is 5.54 Å². The first-order chi connectivity index (χ1) is 19.1. The second-order valence-electron chi connectivity index (χ2n) is 10.2. The topological polar surface area (TPSA) is 130 Å². The zero-order valence-electron chi connectivity index (χ0n) is 22.0. The van der Waals surface area contributed by atoms with Gasteiger partial charge in [-0.3, -0.25) is 29.8 Å². The van der Waals surface area contributed by atoms with E-state index in [1.54, 1.807) is 12.1 Å². The van der Waals surface area contributed by atoms with Crippen LogP contribution in [0.2, 0.25) is 0 Å². The van der Waals surface area contributed by atoms with E-state index in [0.717, 1.165) is 15.6 Å². The Labute approximate surface area is 239 Å². The summed E-state index contributed by atoms with van der Waals surface area (Å²) in [4.78, 5) is 53.6. The summed E-state index contributed by atoms with van der Waals surface area (Å²) in [7, 11) is 0. The lowest BCUT2D eigenvalue weighted by Crippen LogP contribution is -2.57. The molecule has 206 valence electrons. The molecule has 40 heavy (non-hydrogen) atoms. The number of nitrogens with one attached hydrogen (secondary N) is 1. The molecule has 2 heterocycles. The van der Waals surface area contributed by atoms with Crippen LogP contribution in [0.5, 0.6) is 0 Å². The predicted octanol–water partition coefficient (Wildman–Crippen LogP) is 5.00. The number of halogens is 1. The molecule has 0 radical (unpaired) electrons. The van der Waals surface area contributed by atoms with E-state index in [1.165, 1.54) is 29.2 Å². The predicted molar refractivity (Wildman–Crippen MR) is 152 cm³/mol. The fourth-order valence-electron chi connectivity index (χ4n) is 6.17. The van der Waals surface area contributed by atoms with Gasteiger partial charge in [-0.1, -0.05) is 72.2 Å². The number of non-ortho nitro benzene ring substituents is 1. The highest BCUT2D eigenvalue weighted by molar-refractivity contribution is 9.10. The van der Waals surface area contributed by atoms with Crippen LogP contribution in [0.15, 0.2) is 71.2 Å². The second-order valence-corrected chi connectivity index (χ2v) is 11.1. The molecule has 9 nitrogen and oxygen atoms in total. The number of aryl methyl sites for hydroxylation is 2. The second kappa shape index (κ2) is 10.6. The van der Waals surface area contributed by atoms with E-state index in [0.29, 0.717) is 29.7 Å². The number of benzene rings is 3. The van der Waals surface area contributed by atoms with Crippen molar-refractivity contribution in [3.8, 4) is 0 Å². The molecule has 10 heteroatoms. The Hall–Kier alpha value is -3.89. The number of fused-ring (bicyclic) bond motifs is 1. The maximum Gasteiger partial charge on any atom is 0.325 e. The van der Waals surface area contributed by atoms with Crippen LogP contribution in [0, 0.1) is 22.0 Å². The van der Waals surface area contributed by atoms with E-state index in [-0.39, 0.29) is 12.1 Å². The number of para-hydroxylation sites is 1. The summed E-state index contributed by atoms with van der Waals surface area (Å²) in [6.45, 7) is 3.90. The van der Waals surface area contributed by atoms with Gasteiger partial charge in [-0.05, 0) is 47.2 Å². The number of hydrogen-bond acceptors (Lipinski definition) is 6. The molecule has 2 amide bonds. The SMILES string of the molecule is CCc1cccc(CC)c1N1C(=O)C2C(c3ccc(Br)cc3)NC(Cc3ccc([N+](=O)[O-])cc3)(C(=O)O)C2C1=O. The lowest BCUT2D eigenvalue weighted by Gasteiger charge is -2.32. The molecule has 2 saturated heterocycles. The van der Waals surface area contributed by atoms with Gasteiger partial charge in [-0.2, -0.15) is 0 Å². The zero-order chi connectivity index (χ0) is 28.8. The van der Waals surface area contributed by atoms with Crippen molar-refractivity contribution in [3.05, 3.63) is 104 Å². The van der Waals surface area contributed by atoms with Crippen molar-refractivity contribution in [2.75, 3.05) is 4.90 Å². The Morgan fingerprint density at radius 2 is 1.60 bits per heavy atom. The highest BCUT2D eigenvalue weighted by atomic mass is 79.9. The number of amides is 2. The number of carbonyl (C=O) groups excluding carboxylic acids is 2. The largest absolute Gasteiger partial charge is 0.480 e. The van der Waals surface area contributed by atoms with E-state index in [9.17, 15) is 29.6 Å². The number of carboxylic acids is 1. The van der Waals surface area contributed by atoms with Crippen LogP contribution in [-0.2, 0) is 33.6 Å². The Morgan fingerprint density at radius 1 is 1.00 bits per heavy atom. The number of carbonyl (C=O) groups is 3. The van der Waals surface area contributed by atoms with Crippen molar-refractivity contribution in [3.63, 3.8) is 0 Å². The highest BCUT2D eigenvalue weighted by Gasteiger charge is 2.68. The minimum atomic E-state index is -1.83. The summed E-state index contributed by atoms with van der Waals surface area (Å²) < 4.78 is 0.820. The average molecular weight is 606 g/mol. The standard InChI is InChI=1S/C30H28BrN3O6/c1-3-18-6-5-7-19(4-2)26(18)33-27(35)23-24(28(33)36)30(29(37)38,16-17-8-14-22(15-9-17)34(39)40)32-25(23)20-10-12-21(31)13-11-20/h5-15,23-25,32H,3-4,16H2,1-2H3,(H,37,38). The van der Waals surface area contributed by atoms with Gasteiger partial charge in [-0.25, -0.2) is 4.90 Å². The first-order valence-corrected chi connectivity index (χ1v) is 13.9. The lowest BCUT2D eigenvalue weighted by atomic mass is 9.76. The smallest absolute Gasteiger partial charge is 0.325 e. The maximum absolute atomic E-state index is 14.3. The van der Waals surface area contributed by atoms with Gasteiger partial charge < -0.3 is 5.11 Å². The van der Waals surface area contributed by atoms with E-state index in [4.69, 9.17) is 0 Å². The molecule has 4 atom stereocenters. The third-order valence-electron chi connectivity index (χ3n) is 8.08. The lowest BCUT2D eigenvalue weighted by molar-refractivity contribution is -0.384. The number of aliphatic carboxylic acids is 1. The third kappa shape index (κ3) is 4.41. The molecule has 5 rings (SSSR count). The van der Waals surface area contributed by atoms with Gasteiger partial charge in [0.15, 0.2) is 0 Å². The van der Waals surface area contributed by atoms with Crippen LogP contribution in [0.4, 0.5) is 11.4 Å². The number of anilines is 1. The number of hydrogen-bond donors (Lipinski definition) is 2. The van der Waals surface area contributed by atoms with Gasteiger partial charge in [0.2, 0.25) is 11.8 Å². The van der Waals surface area contributed by atoms with Crippen molar-refractivity contribution in [2.24, 2.45) is 11.8 Å². The Kier molecular flexibility index (Phi) is 7.32. The van der Waals surface area contributed by atoms with Gasteiger partial charge >= 0.3 is 5.97 Å². The Balaban J connectivity index is 1.67. The van der Waals surface area contributed by atoms with Crippen molar-refractivity contribution in [2.45, 2.75) is 44.7 Å². The normalized spacial score (nSPS) is 23.9. The van der Waals surface area contributed by atoms with E-state index in [1.807, 2.05) is 44.2 Å². The molecule has 0 aromatic heterocycles. The van der Waals surface area contributed by atoms with E-state index < -0.39 is 46.1 Å². The molecule has 2 aliphatic rings. The molecule has 2 aliphatic heterocycles. The molecule has 0 spiro atoms. The molecule has 4 unspecified atom stereocenters. The monoisotopic (exact) mass is 605 g/mol. The van der Waals surface area contributed by atoms with Crippen molar-refractivity contribution in [1.82, 2.24) is 5.32 Å². The van der Waals surface area contributed by atoms with Crippen LogP contribution in [-0.4, -0.2) is 33.4 Å². The first-order valence-electron chi connectivity index (χ1n) is 13.1. The number of imide groups is 1. The molecular formula is C30H28BrN3O6. The number of carboxylic acid groups (broad SMARTS) is 1. The summed E-state index contributed by atoms with van der Waals surface area (Å²) in [6.07, 6.45) is 1.05. The van der Waals surface area contributed by atoms with Gasteiger partial charge in [0.05, 0.1) is 22.4 Å². The third-order valence-corrected chi connectivity index (χ3v) is 8.61. The number of nitrogens with zero attached hydrogens (tertiary/aromatic N) is 2. The fourth-order valence-corrected chi connectivity index (χ4v) is 6.44. The van der Waals surface area contributed by atoms with Crippen molar-refractivity contribution < 1.29 is 24.4 Å². The summed E-state index contributed by atoms with van der Waals surface area (Å²) in [6, 6.07) is 17.8. The molecule has 0 saturated carbocycles. The summed E-state index contributed by atoms with van der Waals surface area (Å²) in [5, 5.41) is 25.1. The summed E-state index contributed by atoms with van der Waals surface area (Å²) in [5.41, 5.74) is 1.45. The molecule has 3 aromatic carbocycles. The fraction of sp³-hybridized carbons (Fsp3) is 0.300. The molecule has 0 aliphatic carbocycles. The Bertz CT molecular complexity index is 1480. The maximum atomic E-state index is 14.3. The van der Waals surface area contributed by atoms with Crippen molar-refractivity contribution in [1.29, 1.82) is 0 Å². The van der Waals surface area contributed by atoms with Crippen LogP contribution >= 0.6 is 15.9 Å². The first kappa shape index (κ1) is 27.7. The van der Waals surface area contributed by atoms with Crippen molar-refractivity contribution >= 4 is 45.1 Å². The van der Waals surface area contributed by atoms with E-state index >= 15 is 0 Å². The molecule has 2 N–H and O–H groups in total. The van der Waals surface area contributed by atoms with Crippen LogP contribution in [0.25, 0.3) is 0 Å². The average Bonchev–Trinajstić information content (AvgIpc) is 3.42. The molecule has 2 fully saturated rings. The number of rotatable bonds is 8. The molecular weight excluding hydrogens is 578 g/mol. The van der Waals surface area contributed by atoms with Crippen LogP contribution in [0.1, 0.15) is 42.1 Å². The minimum absolute atomic E-state index is 0.125. The summed E-state index contributed by atoms with van der Waals surface area (Å²) in [5.74, 6) is -4.41. The van der Waals surface area contributed by atoms with Gasteiger partial charge in [0, 0.05) is 29.1 Å². The number of nitro groups is 1.